The molecule has 2 heteroatoms. The van der Waals surface area contributed by atoms with Gasteiger partial charge in [0.2, 0.25) is 0 Å². The van der Waals surface area contributed by atoms with E-state index in [1.807, 2.05) is 55.1 Å². The Morgan fingerprint density at radius 2 is 1.59 bits per heavy atom. The Morgan fingerprint density at radius 3 is 2.09 bits per heavy atom. The van der Waals surface area contributed by atoms with Gasteiger partial charge in [-0.05, 0) is 42.9 Å². The third-order valence-corrected chi connectivity index (χ3v) is 6.71. The first-order chi connectivity index (χ1) is 10.5. The molecule has 0 spiro atoms. The smallest absolute Gasteiger partial charge is 0.102 e. The minimum atomic E-state index is -0.830. The summed E-state index contributed by atoms with van der Waals surface area (Å²) in [5, 5.41) is 11.4. The van der Waals surface area contributed by atoms with E-state index in [0.29, 0.717) is 11.8 Å². The predicted molar refractivity (Wildman–Crippen MR) is 94.0 cm³/mol. The van der Waals surface area contributed by atoms with E-state index in [1.54, 1.807) is 0 Å². The summed E-state index contributed by atoms with van der Waals surface area (Å²) in [6, 6.07) is 20.6. The molecular formula is C20H24OS. The molecule has 116 valence electrons. The fraction of sp³-hybridized carbons (Fsp3) is 0.400. The molecule has 0 aliphatic heterocycles. The second kappa shape index (κ2) is 5.75. The van der Waals surface area contributed by atoms with E-state index in [4.69, 9.17) is 0 Å². The van der Waals surface area contributed by atoms with Crippen molar-refractivity contribution >= 4 is 11.8 Å². The zero-order valence-corrected chi connectivity index (χ0v) is 14.3. The average molecular weight is 312 g/mol. The molecule has 0 bridgehead atoms. The molecule has 0 aromatic heterocycles. The quantitative estimate of drug-likeness (QED) is 0.828. The number of rotatable bonds is 5. The van der Waals surface area contributed by atoms with Gasteiger partial charge in [-0.1, -0.05) is 62.4 Å². The Hall–Kier alpha value is -1.25. The van der Waals surface area contributed by atoms with Gasteiger partial charge in [-0.15, -0.1) is 11.8 Å². The number of aliphatic hydroxyl groups is 1. The standard InChI is InChI=1S/C20H24OS/c1-15(2)18-14-20(18,22-17-12-8-5-9-13-17)19(3,21)16-10-6-4-7-11-16/h4-13,15,18,21H,14H2,1-3H3/t18-,19-,20-/m1/s1. The van der Waals surface area contributed by atoms with Gasteiger partial charge in [-0.25, -0.2) is 0 Å². The SMILES string of the molecule is CC(C)[C@H]1C[C@]1(Sc1ccccc1)[C@](C)(O)c1ccccc1. The highest BCUT2D eigenvalue weighted by Gasteiger charge is 2.66. The molecule has 3 rings (SSSR count). The Labute approximate surface area is 137 Å². The van der Waals surface area contributed by atoms with E-state index < -0.39 is 5.60 Å². The summed E-state index contributed by atoms with van der Waals surface area (Å²) in [5.41, 5.74) is 0.186. The van der Waals surface area contributed by atoms with Gasteiger partial charge in [-0.3, -0.25) is 0 Å². The molecular weight excluding hydrogens is 288 g/mol. The average Bonchev–Trinajstić information content (AvgIpc) is 3.26. The normalized spacial score (nSPS) is 26.7. The van der Waals surface area contributed by atoms with Crippen LogP contribution in [0.1, 0.15) is 32.8 Å². The fourth-order valence-electron chi connectivity index (χ4n) is 3.52. The van der Waals surface area contributed by atoms with E-state index in [-0.39, 0.29) is 4.75 Å². The molecule has 2 aromatic rings. The molecule has 22 heavy (non-hydrogen) atoms. The first-order valence-electron chi connectivity index (χ1n) is 7.99. The molecule has 1 nitrogen and oxygen atoms in total. The molecule has 0 radical (unpaired) electrons. The second-order valence-corrected chi connectivity index (χ2v) is 8.20. The van der Waals surface area contributed by atoms with Crippen LogP contribution in [0.25, 0.3) is 0 Å². The summed E-state index contributed by atoms with van der Waals surface area (Å²) in [4.78, 5) is 1.24. The molecule has 1 N–H and O–H groups in total. The topological polar surface area (TPSA) is 20.2 Å². The molecule has 0 unspecified atom stereocenters. The van der Waals surface area contributed by atoms with E-state index >= 15 is 0 Å². The van der Waals surface area contributed by atoms with Crippen LogP contribution in [0.15, 0.2) is 65.6 Å². The molecule has 0 heterocycles. The molecule has 0 saturated heterocycles. The Balaban J connectivity index is 1.97. The highest BCUT2D eigenvalue weighted by Crippen LogP contribution is 2.67. The fourth-order valence-corrected chi connectivity index (χ4v) is 5.24. The van der Waals surface area contributed by atoms with Crippen molar-refractivity contribution < 1.29 is 5.11 Å². The van der Waals surface area contributed by atoms with Crippen molar-refractivity contribution in [3.8, 4) is 0 Å². The van der Waals surface area contributed by atoms with Gasteiger partial charge in [0.15, 0.2) is 0 Å². The highest BCUT2D eigenvalue weighted by molar-refractivity contribution is 8.01. The van der Waals surface area contributed by atoms with Gasteiger partial charge in [0.25, 0.3) is 0 Å². The first kappa shape index (κ1) is 15.6. The lowest BCUT2D eigenvalue weighted by Crippen LogP contribution is -2.38. The van der Waals surface area contributed by atoms with Crippen LogP contribution in [0.2, 0.25) is 0 Å². The van der Waals surface area contributed by atoms with Gasteiger partial charge in [0.1, 0.15) is 5.60 Å². The number of hydrogen-bond donors (Lipinski definition) is 1. The minimum Gasteiger partial charge on any atom is -0.384 e. The van der Waals surface area contributed by atoms with E-state index in [2.05, 4.69) is 38.1 Å². The van der Waals surface area contributed by atoms with Crippen LogP contribution in [0.4, 0.5) is 0 Å². The minimum absolute atomic E-state index is 0.135. The summed E-state index contributed by atoms with van der Waals surface area (Å²) >= 11 is 1.85. The van der Waals surface area contributed by atoms with Gasteiger partial charge in [0, 0.05) is 4.90 Å². The molecule has 1 fully saturated rings. The lowest BCUT2D eigenvalue weighted by atomic mass is 9.87. The van der Waals surface area contributed by atoms with Crippen LogP contribution in [-0.2, 0) is 5.60 Å². The van der Waals surface area contributed by atoms with Crippen molar-refractivity contribution in [2.75, 3.05) is 0 Å². The van der Waals surface area contributed by atoms with Crippen molar-refractivity contribution in [3.63, 3.8) is 0 Å². The Bertz CT molecular complexity index is 621. The van der Waals surface area contributed by atoms with Crippen molar-refractivity contribution in [2.45, 2.75) is 42.4 Å². The zero-order chi connectivity index (χ0) is 15.8. The second-order valence-electron chi connectivity index (χ2n) is 6.80. The van der Waals surface area contributed by atoms with Crippen molar-refractivity contribution in [2.24, 2.45) is 11.8 Å². The summed E-state index contributed by atoms with van der Waals surface area (Å²) in [6.45, 7) is 6.51. The highest BCUT2D eigenvalue weighted by atomic mass is 32.2. The van der Waals surface area contributed by atoms with Crippen LogP contribution in [0.3, 0.4) is 0 Å². The first-order valence-corrected chi connectivity index (χ1v) is 8.81. The third-order valence-electron chi connectivity index (χ3n) is 4.97. The van der Waals surface area contributed by atoms with E-state index in [0.717, 1.165) is 12.0 Å². The van der Waals surface area contributed by atoms with E-state index in [1.165, 1.54) is 4.90 Å². The maximum Gasteiger partial charge on any atom is 0.102 e. The monoisotopic (exact) mass is 312 g/mol. The van der Waals surface area contributed by atoms with Gasteiger partial charge in [-0.2, -0.15) is 0 Å². The number of thioether (sulfide) groups is 1. The molecule has 0 amide bonds. The lowest BCUT2D eigenvalue weighted by molar-refractivity contribution is 0.0392. The van der Waals surface area contributed by atoms with Crippen LogP contribution in [0, 0.1) is 11.8 Å². The van der Waals surface area contributed by atoms with Crippen LogP contribution < -0.4 is 0 Å². The maximum absolute atomic E-state index is 11.4. The number of benzene rings is 2. The molecule has 1 aliphatic rings. The summed E-state index contributed by atoms with van der Waals surface area (Å²) in [5.74, 6) is 1.11. The van der Waals surface area contributed by atoms with Crippen molar-refractivity contribution in [3.05, 3.63) is 66.2 Å². The lowest BCUT2D eigenvalue weighted by Gasteiger charge is -2.35. The van der Waals surface area contributed by atoms with Crippen molar-refractivity contribution in [1.29, 1.82) is 0 Å². The summed E-state index contributed by atoms with van der Waals surface area (Å²) < 4.78 is -0.135. The molecule has 1 aliphatic carbocycles. The molecule has 2 aromatic carbocycles. The molecule has 1 saturated carbocycles. The van der Waals surface area contributed by atoms with Crippen LogP contribution in [0.5, 0.6) is 0 Å². The Kier molecular flexibility index (Phi) is 4.09. The molecule has 3 atom stereocenters. The van der Waals surface area contributed by atoms with Crippen LogP contribution >= 0.6 is 11.8 Å². The van der Waals surface area contributed by atoms with Gasteiger partial charge in [0.05, 0.1) is 4.75 Å². The zero-order valence-electron chi connectivity index (χ0n) is 13.5. The summed E-state index contributed by atoms with van der Waals surface area (Å²) in [7, 11) is 0. The Morgan fingerprint density at radius 1 is 1.05 bits per heavy atom. The largest absolute Gasteiger partial charge is 0.384 e. The van der Waals surface area contributed by atoms with Crippen molar-refractivity contribution in [1.82, 2.24) is 0 Å². The van der Waals surface area contributed by atoms with E-state index in [9.17, 15) is 5.11 Å². The maximum atomic E-state index is 11.4. The van der Waals surface area contributed by atoms with Gasteiger partial charge >= 0.3 is 0 Å². The number of hydrogen-bond acceptors (Lipinski definition) is 2. The van der Waals surface area contributed by atoms with Gasteiger partial charge < -0.3 is 5.11 Å². The predicted octanol–water partition coefficient (Wildman–Crippen LogP) is 5.10. The third kappa shape index (κ3) is 2.59. The summed E-state index contributed by atoms with van der Waals surface area (Å²) in [6.07, 6.45) is 1.06. The van der Waals surface area contributed by atoms with Crippen LogP contribution in [-0.4, -0.2) is 9.85 Å².